The van der Waals surface area contributed by atoms with Crippen molar-refractivity contribution in [3.8, 4) is 11.8 Å². The van der Waals surface area contributed by atoms with Crippen molar-refractivity contribution in [2.45, 2.75) is 13.0 Å². The first-order chi connectivity index (χ1) is 9.11. The van der Waals surface area contributed by atoms with Crippen molar-refractivity contribution in [1.29, 1.82) is 5.26 Å². The second-order valence-electron chi connectivity index (χ2n) is 4.15. The van der Waals surface area contributed by atoms with Gasteiger partial charge in [0.15, 0.2) is 0 Å². The summed E-state index contributed by atoms with van der Waals surface area (Å²) in [6.07, 6.45) is -0.322. The molecule has 0 aliphatic heterocycles. The normalized spacial score (nSPS) is 11.6. The van der Waals surface area contributed by atoms with E-state index in [0.717, 1.165) is 5.56 Å². The van der Waals surface area contributed by atoms with Crippen molar-refractivity contribution in [3.05, 3.63) is 59.4 Å². The molecule has 2 rings (SSSR count). The summed E-state index contributed by atoms with van der Waals surface area (Å²) in [7, 11) is 0. The number of nitrogen functional groups attached to an aromatic ring is 1. The van der Waals surface area contributed by atoms with Gasteiger partial charge in [0.05, 0.1) is 0 Å². The van der Waals surface area contributed by atoms with Crippen LogP contribution in [0.2, 0.25) is 0 Å². The topological polar surface area (TPSA) is 59.0 Å². The van der Waals surface area contributed by atoms with Gasteiger partial charge in [-0.2, -0.15) is 5.26 Å². The van der Waals surface area contributed by atoms with Gasteiger partial charge in [-0.1, -0.05) is 18.2 Å². The second kappa shape index (κ2) is 5.40. The smallest absolute Gasteiger partial charge is 0.144 e. The average Bonchev–Trinajstić information content (AvgIpc) is 2.39. The molecule has 0 radical (unpaired) electrons. The molecule has 0 aliphatic carbocycles. The van der Waals surface area contributed by atoms with Crippen molar-refractivity contribution >= 4 is 5.69 Å². The predicted molar refractivity (Wildman–Crippen MR) is 71.0 cm³/mol. The van der Waals surface area contributed by atoms with Crippen LogP contribution in [0.15, 0.2) is 42.5 Å². The number of benzene rings is 2. The molecule has 0 aromatic heterocycles. The van der Waals surface area contributed by atoms with Crippen LogP contribution >= 0.6 is 0 Å². The van der Waals surface area contributed by atoms with E-state index in [0.29, 0.717) is 5.69 Å². The Morgan fingerprint density at radius 2 is 2.00 bits per heavy atom. The lowest BCUT2D eigenvalue weighted by atomic mass is 10.1. The van der Waals surface area contributed by atoms with E-state index in [4.69, 9.17) is 15.7 Å². The first-order valence-electron chi connectivity index (χ1n) is 5.82. The molecule has 0 saturated carbocycles. The minimum atomic E-state index is -0.584. The van der Waals surface area contributed by atoms with Gasteiger partial charge in [0.1, 0.15) is 29.3 Å². The Morgan fingerprint density at radius 1 is 1.26 bits per heavy atom. The molecule has 96 valence electrons. The Kier molecular flexibility index (Phi) is 3.67. The summed E-state index contributed by atoms with van der Waals surface area (Å²) < 4.78 is 19.1. The molecule has 1 unspecified atom stereocenters. The standard InChI is InChI=1S/C15H13FN2O/c1-10(11-4-2-5-12(18)8-11)19-15-7-3-6-14(16)13(15)9-17/h2-8,10H,18H2,1H3. The number of nitriles is 1. The summed E-state index contributed by atoms with van der Waals surface area (Å²) in [4.78, 5) is 0. The summed E-state index contributed by atoms with van der Waals surface area (Å²) in [5, 5.41) is 8.94. The third-order valence-electron chi connectivity index (χ3n) is 2.77. The fraction of sp³-hybridized carbons (Fsp3) is 0.133. The van der Waals surface area contributed by atoms with Gasteiger partial charge in [-0.15, -0.1) is 0 Å². The number of nitrogens with two attached hydrogens (primary N) is 1. The summed E-state index contributed by atoms with van der Waals surface area (Å²) in [6, 6.07) is 13.4. The number of ether oxygens (including phenoxy) is 1. The number of anilines is 1. The first-order valence-corrected chi connectivity index (χ1v) is 5.82. The highest BCUT2D eigenvalue weighted by molar-refractivity contribution is 5.45. The molecule has 1 atom stereocenters. The third kappa shape index (κ3) is 2.83. The van der Waals surface area contributed by atoms with Gasteiger partial charge in [-0.3, -0.25) is 0 Å². The monoisotopic (exact) mass is 256 g/mol. The Morgan fingerprint density at radius 3 is 2.68 bits per heavy atom. The van der Waals surface area contributed by atoms with Crippen molar-refractivity contribution in [2.24, 2.45) is 0 Å². The predicted octanol–water partition coefficient (Wildman–Crippen LogP) is 3.42. The highest BCUT2D eigenvalue weighted by atomic mass is 19.1. The van der Waals surface area contributed by atoms with E-state index in [1.807, 2.05) is 25.1 Å². The van der Waals surface area contributed by atoms with Crippen LogP contribution in [0.4, 0.5) is 10.1 Å². The maximum Gasteiger partial charge on any atom is 0.144 e. The zero-order valence-corrected chi connectivity index (χ0v) is 10.4. The van der Waals surface area contributed by atoms with Crippen LogP contribution in [0.5, 0.6) is 5.75 Å². The van der Waals surface area contributed by atoms with Crippen LogP contribution in [-0.2, 0) is 0 Å². The number of halogens is 1. The molecule has 0 saturated heterocycles. The second-order valence-corrected chi connectivity index (χ2v) is 4.15. The van der Waals surface area contributed by atoms with Gasteiger partial charge >= 0.3 is 0 Å². The Labute approximate surface area is 111 Å². The molecule has 3 nitrogen and oxygen atoms in total. The van der Waals surface area contributed by atoms with E-state index >= 15 is 0 Å². The van der Waals surface area contributed by atoms with Gasteiger partial charge in [-0.05, 0) is 36.8 Å². The van der Waals surface area contributed by atoms with Gasteiger partial charge < -0.3 is 10.5 Å². The summed E-state index contributed by atoms with van der Waals surface area (Å²) >= 11 is 0. The van der Waals surface area contributed by atoms with E-state index in [-0.39, 0.29) is 17.4 Å². The van der Waals surface area contributed by atoms with E-state index < -0.39 is 5.82 Å². The molecule has 0 aliphatic rings. The Bertz CT molecular complexity index is 634. The molecule has 4 heteroatoms. The molecule has 2 N–H and O–H groups in total. The molecule has 0 amide bonds. The van der Waals surface area contributed by atoms with Crippen LogP contribution < -0.4 is 10.5 Å². The largest absolute Gasteiger partial charge is 0.485 e. The van der Waals surface area contributed by atoms with Gasteiger partial charge in [0.2, 0.25) is 0 Å². The maximum atomic E-state index is 13.4. The Balaban J connectivity index is 2.27. The molecule has 2 aromatic carbocycles. The van der Waals surface area contributed by atoms with E-state index in [1.54, 1.807) is 18.2 Å². The molecular formula is C15H13FN2O. The van der Waals surface area contributed by atoms with Crippen molar-refractivity contribution in [1.82, 2.24) is 0 Å². The fourth-order valence-corrected chi connectivity index (χ4v) is 1.78. The maximum absolute atomic E-state index is 13.4. The van der Waals surface area contributed by atoms with Crippen molar-refractivity contribution < 1.29 is 9.13 Å². The van der Waals surface area contributed by atoms with Crippen LogP contribution in [0.3, 0.4) is 0 Å². The van der Waals surface area contributed by atoms with Crippen molar-refractivity contribution in [2.75, 3.05) is 5.73 Å². The third-order valence-corrected chi connectivity index (χ3v) is 2.77. The lowest BCUT2D eigenvalue weighted by Crippen LogP contribution is -2.05. The zero-order chi connectivity index (χ0) is 13.8. The zero-order valence-electron chi connectivity index (χ0n) is 10.4. The van der Waals surface area contributed by atoms with Crippen LogP contribution in [0, 0.1) is 17.1 Å². The lowest BCUT2D eigenvalue weighted by Gasteiger charge is -2.16. The summed E-state index contributed by atoms with van der Waals surface area (Å²) in [5.41, 5.74) is 7.12. The molecule has 0 fully saturated rings. The molecule has 19 heavy (non-hydrogen) atoms. The Hall–Kier alpha value is -2.54. The van der Waals surface area contributed by atoms with E-state index in [1.165, 1.54) is 12.1 Å². The molecule has 0 heterocycles. The molecular weight excluding hydrogens is 243 g/mol. The quantitative estimate of drug-likeness (QED) is 0.856. The fourth-order valence-electron chi connectivity index (χ4n) is 1.78. The summed E-state index contributed by atoms with van der Waals surface area (Å²) in [6.45, 7) is 1.82. The SMILES string of the molecule is CC(Oc1cccc(F)c1C#N)c1cccc(N)c1. The van der Waals surface area contributed by atoms with Gasteiger partial charge in [-0.25, -0.2) is 4.39 Å². The van der Waals surface area contributed by atoms with Gasteiger partial charge in [0, 0.05) is 5.69 Å². The number of nitrogens with zero attached hydrogens (tertiary/aromatic N) is 1. The first kappa shape index (κ1) is 12.9. The molecule has 0 spiro atoms. The van der Waals surface area contributed by atoms with E-state index in [9.17, 15) is 4.39 Å². The average molecular weight is 256 g/mol. The molecule has 0 bridgehead atoms. The molecule has 2 aromatic rings. The highest BCUT2D eigenvalue weighted by Gasteiger charge is 2.13. The lowest BCUT2D eigenvalue weighted by molar-refractivity contribution is 0.225. The van der Waals surface area contributed by atoms with Crippen LogP contribution in [0.1, 0.15) is 24.2 Å². The minimum Gasteiger partial charge on any atom is -0.485 e. The summed E-state index contributed by atoms with van der Waals surface area (Å²) in [5.74, 6) is -0.350. The van der Waals surface area contributed by atoms with E-state index in [2.05, 4.69) is 0 Å². The van der Waals surface area contributed by atoms with Crippen LogP contribution in [-0.4, -0.2) is 0 Å². The number of rotatable bonds is 3. The highest BCUT2D eigenvalue weighted by Crippen LogP contribution is 2.27. The van der Waals surface area contributed by atoms with Crippen LogP contribution in [0.25, 0.3) is 0 Å². The minimum absolute atomic E-state index is 0.0850. The number of hydrogen-bond donors (Lipinski definition) is 1. The number of hydrogen-bond acceptors (Lipinski definition) is 3. The van der Waals surface area contributed by atoms with Crippen molar-refractivity contribution in [3.63, 3.8) is 0 Å². The van der Waals surface area contributed by atoms with Gasteiger partial charge in [0.25, 0.3) is 0 Å².